The summed E-state index contributed by atoms with van der Waals surface area (Å²) in [5.74, 6) is 1.61. The smallest absolute Gasteiger partial charge is 0.154 e. The highest BCUT2D eigenvalue weighted by molar-refractivity contribution is 5.86. The van der Waals surface area contributed by atoms with Crippen LogP contribution < -0.4 is 10.5 Å². The summed E-state index contributed by atoms with van der Waals surface area (Å²) < 4.78 is 5.84. The van der Waals surface area contributed by atoms with Crippen molar-refractivity contribution in [1.82, 2.24) is 9.97 Å². The molecule has 0 aliphatic heterocycles. The maximum Gasteiger partial charge on any atom is 0.154 e. The van der Waals surface area contributed by atoms with Crippen LogP contribution in [0.15, 0.2) is 91.4 Å². The van der Waals surface area contributed by atoms with E-state index < -0.39 is 6.04 Å². The van der Waals surface area contributed by atoms with Gasteiger partial charge in [0.2, 0.25) is 0 Å². The Labute approximate surface area is 175 Å². The molecule has 1 heterocycles. The highest BCUT2D eigenvalue weighted by atomic mass is 16.5. The Bertz CT molecular complexity index is 1070. The molecule has 0 saturated carbocycles. The zero-order valence-corrected chi connectivity index (χ0v) is 16.5. The van der Waals surface area contributed by atoms with Gasteiger partial charge in [-0.05, 0) is 41.0 Å². The number of aromatic nitrogens is 2. The lowest BCUT2D eigenvalue weighted by molar-refractivity contribution is -0.119. The van der Waals surface area contributed by atoms with Crippen LogP contribution in [0.2, 0.25) is 0 Å². The number of hydrogen-bond donors (Lipinski definition) is 2. The lowest BCUT2D eigenvalue weighted by Gasteiger charge is -2.10. The third-order valence-electron chi connectivity index (χ3n) is 4.91. The summed E-state index contributed by atoms with van der Waals surface area (Å²) in [5, 5.41) is 0. The molecule has 0 spiro atoms. The van der Waals surface area contributed by atoms with Crippen molar-refractivity contribution in [1.29, 1.82) is 0 Å². The number of H-pyrrole nitrogens is 1. The molecule has 0 bridgehead atoms. The number of benzene rings is 3. The lowest BCUT2D eigenvalue weighted by atomic mass is 9.98. The molecular weight excluding hydrogens is 374 g/mol. The molecule has 30 heavy (non-hydrogen) atoms. The maximum absolute atomic E-state index is 12.4. The first-order valence-corrected chi connectivity index (χ1v) is 9.85. The number of ether oxygens (including phenoxy) is 1. The SMILES string of the molecule is NC(Cc1cnc[nH]1)C(=O)Cc1ccc(-c2ccc(Oc3ccccc3)cc2)cc1. The Morgan fingerprint density at radius 2 is 1.53 bits per heavy atom. The average molecular weight is 397 g/mol. The first-order chi connectivity index (χ1) is 14.7. The number of nitrogens with two attached hydrogens (primary N) is 1. The van der Waals surface area contributed by atoms with E-state index in [4.69, 9.17) is 10.5 Å². The minimum absolute atomic E-state index is 0.0137. The van der Waals surface area contributed by atoms with Crippen LogP contribution in [0, 0.1) is 0 Å². The minimum Gasteiger partial charge on any atom is -0.457 e. The molecule has 3 aromatic carbocycles. The van der Waals surface area contributed by atoms with Crippen molar-refractivity contribution in [3.8, 4) is 22.6 Å². The summed E-state index contributed by atoms with van der Waals surface area (Å²) in [5.41, 5.74) is 10.0. The van der Waals surface area contributed by atoms with E-state index in [0.717, 1.165) is 33.9 Å². The van der Waals surface area contributed by atoms with Crippen molar-refractivity contribution in [3.05, 3.63) is 103 Å². The van der Waals surface area contributed by atoms with Crippen LogP contribution in [0.25, 0.3) is 11.1 Å². The third-order valence-corrected chi connectivity index (χ3v) is 4.91. The second kappa shape index (κ2) is 9.20. The number of nitrogens with one attached hydrogen (secondary N) is 1. The average Bonchev–Trinajstić information content (AvgIpc) is 3.29. The second-order valence-electron chi connectivity index (χ2n) is 7.17. The molecule has 5 heteroatoms. The summed E-state index contributed by atoms with van der Waals surface area (Å²) in [4.78, 5) is 19.3. The molecule has 150 valence electrons. The van der Waals surface area contributed by atoms with E-state index in [0.29, 0.717) is 12.8 Å². The number of hydrogen-bond acceptors (Lipinski definition) is 4. The molecule has 0 aliphatic carbocycles. The van der Waals surface area contributed by atoms with E-state index >= 15 is 0 Å². The first kappa shape index (κ1) is 19.6. The summed E-state index contributed by atoms with van der Waals surface area (Å²) in [6.07, 6.45) is 4.07. The van der Waals surface area contributed by atoms with E-state index in [1.54, 1.807) is 12.5 Å². The fourth-order valence-electron chi connectivity index (χ4n) is 3.23. The van der Waals surface area contributed by atoms with Crippen molar-refractivity contribution in [2.75, 3.05) is 0 Å². The van der Waals surface area contributed by atoms with Crippen molar-refractivity contribution in [2.45, 2.75) is 18.9 Å². The highest BCUT2D eigenvalue weighted by Gasteiger charge is 2.15. The number of imidazole rings is 1. The van der Waals surface area contributed by atoms with Gasteiger partial charge in [0.25, 0.3) is 0 Å². The predicted molar refractivity (Wildman–Crippen MR) is 117 cm³/mol. The van der Waals surface area contributed by atoms with Gasteiger partial charge >= 0.3 is 0 Å². The van der Waals surface area contributed by atoms with Gasteiger partial charge in [0, 0.05) is 24.7 Å². The number of rotatable bonds is 8. The fraction of sp³-hybridized carbons (Fsp3) is 0.120. The van der Waals surface area contributed by atoms with E-state index in [1.807, 2.05) is 78.9 Å². The summed E-state index contributed by atoms with van der Waals surface area (Å²) in [7, 11) is 0. The van der Waals surface area contributed by atoms with Crippen LogP contribution >= 0.6 is 0 Å². The number of carbonyl (C=O) groups is 1. The van der Waals surface area contributed by atoms with E-state index in [9.17, 15) is 4.79 Å². The number of aromatic amines is 1. The molecule has 0 amide bonds. The molecule has 0 aliphatic rings. The number of ketones is 1. The molecule has 4 aromatic rings. The van der Waals surface area contributed by atoms with Crippen LogP contribution in [0.5, 0.6) is 11.5 Å². The van der Waals surface area contributed by atoms with Crippen molar-refractivity contribution < 1.29 is 9.53 Å². The second-order valence-corrected chi connectivity index (χ2v) is 7.17. The van der Waals surface area contributed by atoms with Crippen LogP contribution in [0.1, 0.15) is 11.3 Å². The maximum atomic E-state index is 12.4. The lowest BCUT2D eigenvalue weighted by Crippen LogP contribution is -2.34. The molecule has 1 unspecified atom stereocenters. The molecule has 0 radical (unpaired) electrons. The summed E-state index contributed by atoms with van der Waals surface area (Å²) >= 11 is 0. The van der Waals surface area contributed by atoms with Crippen LogP contribution in [0.4, 0.5) is 0 Å². The Morgan fingerprint density at radius 1 is 0.900 bits per heavy atom. The molecule has 1 aromatic heterocycles. The number of Topliss-reactive ketones (excluding diaryl/α,β-unsaturated/α-hetero) is 1. The van der Waals surface area contributed by atoms with Gasteiger partial charge in [-0.2, -0.15) is 0 Å². The molecule has 5 nitrogen and oxygen atoms in total. The molecule has 3 N–H and O–H groups in total. The topological polar surface area (TPSA) is 81.0 Å². The predicted octanol–water partition coefficient (Wildman–Crippen LogP) is 4.55. The zero-order valence-electron chi connectivity index (χ0n) is 16.5. The molecular formula is C25H23N3O2. The van der Waals surface area contributed by atoms with Crippen LogP contribution in [-0.4, -0.2) is 21.8 Å². The van der Waals surface area contributed by atoms with E-state index in [1.165, 1.54) is 0 Å². The Hall–Kier alpha value is -3.70. The Balaban J connectivity index is 1.36. The van der Waals surface area contributed by atoms with Crippen molar-refractivity contribution in [2.24, 2.45) is 5.73 Å². The van der Waals surface area contributed by atoms with Gasteiger partial charge in [0.15, 0.2) is 5.78 Å². The standard InChI is InChI=1S/C25H23N3O2/c26-24(15-21-16-27-17-28-21)25(29)14-18-6-8-19(9-7-18)20-10-12-23(13-11-20)30-22-4-2-1-3-5-22/h1-13,16-17,24H,14-15,26H2,(H,27,28). The van der Waals surface area contributed by atoms with Crippen LogP contribution in [0.3, 0.4) is 0 Å². The van der Waals surface area contributed by atoms with Gasteiger partial charge in [-0.15, -0.1) is 0 Å². The van der Waals surface area contributed by atoms with Crippen molar-refractivity contribution in [3.63, 3.8) is 0 Å². The van der Waals surface area contributed by atoms with Gasteiger partial charge in [-0.25, -0.2) is 4.98 Å². The first-order valence-electron chi connectivity index (χ1n) is 9.85. The zero-order chi connectivity index (χ0) is 20.8. The van der Waals surface area contributed by atoms with Gasteiger partial charge in [-0.3, -0.25) is 4.79 Å². The van der Waals surface area contributed by atoms with Gasteiger partial charge in [0.1, 0.15) is 11.5 Å². The van der Waals surface area contributed by atoms with Crippen molar-refractivity contribution >= 4 is 5.78 Å². The molecule has 1 atom stereocenters. The van der Waals surface area contributed by atoms with Gasteiger partial charge in [0.05, 0.1) is 12.4 Å². The number of nitrogens with zero attached hydrogens (tertiary/aromatic N) is 1. The Morgan fingerprint density at radius 3 is 2.17 bits per heavy atom. The molecule has 0 fully saturated rings. The summed E-state index contributed by atoms with van der Waals surface area (Å²) in [6, 6.07) is 25.1. The molecule has 4 rings (SSSR count). The Kier molecular flexibility index (Phi) is 6.01. The molecule has 0 saturated heterocycles. The van der Waals surface area contributed by atoms with Gasteiger partial charge in [-0.1, -0.05) is 54.6 Å². The highest BCUT2D eigenvalue weighted by Crippen LogP contribution is 2.26. The largest absolute Gasteiger partial charge is 0.457 e. The van der Waals surface area contributed by atoms with Gasteiger partial charge < -0.3 is 15.5 Å². The van der Waals surface area contributed by atoms with E-state index in [2.05, 4.69) is 9.97 Å². The monoisotopic (exact) mass is 397 g/mol. The fourth-order valence-corrected chi connectivity index (χ4v) is 3.23. The minimum atomic E-state index is -0.540. The van der Waals surface area contributed by atoms with Crippen LogP contribution in [-0.2, 0) is 17.6 Å². The van der Waals surface area contributed by atoms with E-state index in [-0.39, 0.29) is 5.78 Å². The number of para-hydroxylation sites is 1. The summed E-state index contributed by atoms with van der Waals surface area (Å²) in [6.45, 7) is 0. The quantitative estimate of drug-likeness (QED) is 0.457. The normalized spacial score (nSPS) is 11.8. The third kappa shape index (κ3) is 5.01. The number of carbonyl (C=O) groups excluding carboxylic acids is 1.